The van der Waals surface area contributed by atoms with Crippen molar-refractivity contribution in [3.8, 4) is 17.9 Å². The molecule has 0 bridgehead atoms. The minimum absolute atomic E-state index is 0.242. The average Bonchev–Trinajstić information content (AvgIpc) is 2.72. The first-order valence-electron chi connectivity index (χ1n) is 8.49. The minimum atomic E-state index is 0.242. The maximum absolute atomic E-state index is 9.13. The van der Waals surface area contributed by atoms with E-state index in [0.717, 1.165) is 6.42 Å². The highest BCUT2D eigenvalue weighted by Gasteiger charge is 2.14. The van der Waals surface area contributed by atoms with Crippen molar-refractivity contribution in [2.45, 2.75) is 12.3 Å². The summed E-state index contributed by atoms with van der Waals surface area (Å²) in [5.41, 5.74) is 3.21. The van der Waals surface area contributed by atoms with Crippen LogP contribution < -0.4 is 4.74 Å². The van der Waals surface area contributed by atoms with Crippen LogP contribution in [0.3, 0.4) is 0 Å². The van der Waals surface area contributed by atoms with Gasteiger partial charge in [0.15, 0.2) is 0 Å². The molecule has 3 aromatic carbocycles. The zero-order valence-corrected chi connectivity index (χ0v) is 14.3. The zero-order valence-electron chi connectivity index (χ0n) is 14.3. The van der Waals surface area contributed by atoms with E-state index in [9.17, 15) is 0 Å². The molecule has 0 fully saturated rings. The Balaban J connectivity index is 1.73. The van der Waals surface area contributed by atoms with Crippen LogP contribution in [0.2, 0.25) is 0 Å². The third kappa shape index (κ3) is 4.09. The molecule has 0 aliphatic rings. The van der Waals surface area contributed by atoms with E-state index in [1.807, 2.05) is 48.5 Å². The summed E-state index contributed by atoms with van der Waals surface area (Å²) in [7, 11) is 0. The van der Waals surface area contributed by atoms with Gasteiger partial charge in [0.2, 0.25) is 0 Å². The van der Waals surface area contributed by atoms with Gasteiger partial charge in [-0.25, -0.2) is 0 Å². The first kappa shape index (κ1) is 17.3. The lowest BCUT2D eigenvalue weighted by Gasteiger charge is -2.18. The molecule has 0 atom stereocenters. The average molecular weight is 338 g/mol. The SMILES string of the molecule is N#Cc1ccc(OCCC(c2ccccc2)c2ccccc2)cc1C#N. The quantitative estimate of drug-likeness (QED) is 0.633. The van der Waals surface area contributed by atoms with E-state index >= 15 is 0 Å². The van der Waals surface area contributed by atoms with Crippen LogP contribution in [-0.2, 0) is 0 Å². The molecule has 3 heteroatoms. The molecule has 0 radical (unpaired) electrons. The van der Waals surface area contributed by atoms with Crippen molar-refractivity contribution in [3.63, 3.8) is 0 Å². The van der Waals surface area contributed by atoms with Gasteiger partial charge in [0, 0.05) is 5.92 Å². The molecule has 3 aromatic rings. The molecule has 0 heterocycles. The molecule has 3 rings (SSSR count). The number of nitriles is 2. The summed E-state index contributed by atoms with van der Waals surface area (Å²) in [6.07, 6.45) is 0.815. The molecular formula is C23H18N2O. The van der Waals surface area contributed by atoms with E-state index in [1.54, 1.807) is 18.2 Å². The molecule has 0 aliphatic heterocycles. The lowest BCUT2D eigenvalue weighted by molar-refractivity contribution is 0.304. The van der Waals surface area contributed by atoms with Crippen molar-refractivity contribution in [1.29, 1.82) is 10.5 Å². The van der Waals surface area contributed by atoms with Crippen LogP contribution >= 0.6 is 0 Å². The van der Waals surface area contributed by atoms with Crippen LogP contribution in [0.15, 0.2) is 78.9 Å². The fraction of sp³-hybridized carbons (Fsp3) is 0.130. The lowest BCUT2D eigenvalue weighted by Crippen LogP contribution is -2.07. The van der Waals surface area contributed by atoms with E-state index in [1.165, 1.54) is 11.1 Å². The van der Waals surface area contributed by atoms with Gasteiger partial charge in [0.1, 0.15) is 17.9 Å². The fourth-order valence-electron chi connectivity index (χ4n) is 2.99. The molecule has 0 aromatic heterocycles. The maximum Gasteiger partial charge on any atom is 0.120 e. The maximum atomic E-state index is 9.13. The van der Waals surface area contributed by atoms with Gasteiger partial charge in [0.05, 0.1) is 17.7 Å². The molecule has 0 N–H and O–H groups in total. The summed E-state index contributed by atoms with van der Waals surface area (Å²) in [4.78, 5) is 0. The van der Waals surface area contributed by atoms with Crippen molar-refractivity contribution in [2.75, 3.05) is 6.61 Å². The molecule has 26 heavy (non-hydrogen) atoms. The monoisotopic (exact) mass is 338 g/mol. The lowest BCUT2D eigenvalue weighted by atomic mass is 9.89. The topological polar surface area (TPSA) is 56.8 Å². The Hall–Kier alpha value is -3.56. The second-order valence-corrected chi connectivity index (χ2v) is 5.94. The van der Waals surface area contributed by atoms with Gasteiger partial charge in [-0.2, -0.15) is 10.5 Å². The molecule has 0 aliphatic carbocycles. The number of benzene rings is 3. The summed E-state index contributed by atoms with van der Waals surface area (Å²) < 4.78 is 5.86. The number of hydrogen-bond acceptors (Lipinski definition) is 3. The summed E-state index contributed by atoms with van der Waals surface area (Å²) in [6, 6.07) is 29.8. The Labute approximate surface area is 153 Å². The predicted octanol–water partition coefficient (Wildman–Crippen LogP) is 5.03. The Morgan fingerprint density at radius 1 is 0.731 bits per heavy atom. The van der Waals surface area contributed by atoms with Gasteiger partial charge in [-0.3, -0.25) is 0 Å². The predicted molar refractivity (Wildman–Crippen MR) is 101 cm³/mol. The van der Waals surface area contributed by atoms with Crippen LogP contribution in [0.4, 0.5) is 0 Å². The smallest absolute Gasteiger partial charge is 0.120 e. The molecule has 126 valence electrons. The van der Waals surface area contributed by atoms with Gasteiger partial charge in [-0.05, 0) is 35.7 Å². The summed E-state index contributed by atoms with van der Waals surface area (Å²) in [5.74, 6) is 0.853. The van der Waals surface area contributed by atoms with E-state index in [0.29, 0.717) is 23.5 Å². The number of nitrogens with zero attached hydrogens (tertiary/aromatic N) is 2. The Bertz CT molecular complexity index is 898. The largest absolute Gasteiger partial charge is 0.494 e. The second-order valence-electron chi connectivity index (χ2n) is 5.94. The summed E-state index contributed by atoms with van der Waals surface area (Å²) in [6.45, 7) is 0.519. The Morgan fingerprint density at radius 2 is 1.31 bits per heavy atom. The first-order valence-corrected chi connectivity index (χ1v) is 8.49. The third-order valence-corrected chi connectivity index (χ3v) is 4.31. The highest BCUT2D eigenvalue weighted by atomic mass is 16.5. The second kappa shape index (κ2) is 8.51. The van der Waals surface area contributed by atoms with E-state index in [2.05, 4.69) is 24.3 Å². The van der Waals surface area contributed by atoms with Crippen LogP contribution in [0.25, 0.3) is 0 Å². The van der Waals surface area contributed by atoms with Crippen LogP contribution in [0, 0.1) is 22.7 Å². The van der Waals surface area contributed by atoms with Crippen LogP contribution in [-0.4, -0.2) is 6.61 Å². The number of rotatable bonds is 6. The number of hydrogen-bond donors (Lipinski definition) is 0. The van der Waals surface area contributed by atoms with Crippen molar-refractivity contribution in [1.82, 2.24) is 0 Å². The van der Waals surface area contributed by atoms with Crippen molar-refractivity contribution in [3.05, 3.63) is 101 Å². The van der Waals surface area contributed by atoms with Crippen molar-refractivity contribution >= 4 is 0 Å². The molecular weight excluding hydrogens is 320 g/mol. The summed E-state index contributed by atoms with van der Waals surface area (Å²) in [5, 5.41) is 18.1. The summed E-state index contributed by atoms with van der Waals surface area (Å²) >= 11 is 0. The normalized spacial score (nSPS) is 10.1. The van der Waals surface area contributed by atoms with Crippen LogP contribution in [0.5, 0.6) is 5.75 Å². The molecule has 0 saturated heterocycles. The molecule has 3 nitrogen and oxygen atoms in total. The molecule has 0 spiro atoms. The highest BCUT2D eigenvalue weighted by molar-refractivity contribution is 5.49. The van der Waals surface area contributed by atoms with Gasteiger partial charge in [-0.15, -0.1) is 0 Å². The first-order chi connectivity index (χ1) is 12.8. The molecule has 0 amide bonds. The third-order valence-electron chi connectivity index (χ3n) is 4.31. The van der Waals surface area contributed by atoms with E-state index in [-0.39, 0.29) is 5.92 Å². The number of ether oxygens (including phenoxy) is 1. The van der Waals surface area contributed by atoms with Gasteiger partial charge in [-0.1, -0.05) is 60.7 Å². The van der Waals surface area contributed by atoms with E-state index in [4.69, 9.17) is 15.3 Å². The minimum Gasteiger partial charge on any atom is -0.494 e. The van der Waals surface area contributed by atoms with Crippen molar-refractivity contribution in [2.24, 2.45) is 0 Å². The molecule has 0 saturated carbocycles. The Morgan fingerprint density at radius 3 is 1.85 bits per heavy atom. The molecule has 0 unspecified atom stereocenters. The van der Waals surface area contributed by atoms with Crippen molar-refractivity contribution < 1.29 is 4.74 Å². The van der Waals surface area contributed by atoms with Gasteiger partial charge < -0.3 is 4.74 Å². The highest BCUT2D eigenvalue weighted by Crippen LogP contribution is 2.28. The Kier molecular flexibility index (Phi) is 5.65. The zero-order chi connectivity index (χ0) is 18.2. The van der Waals surface area contributed by atoms with Gasteiger partial charge >= 0.3 is 0 Å². The van der Waals surface area contributed by atoms with Gasteiger partial charge in [0.25, 0.3) is 0 Å². The van der Waals surface area contributed by atoms with E-state index < -0.39 is 0 Å². The standard InChI is InChI=1S/C23H18N2O/c24-16-20-11-12-22(15-21(20)17-25)26-14-13-23(18-7-3-1-4-8-18)19-9-5-2-6-10-19/h1-12,15,23H,13-14H2. The van der Waals surface area contributed by atoms with Crippen LogP contribution in [0.1, 0.15) is 34.6 Å². The fourth-order valence-corrected chi connectivity index (χ4v) is 2.99.